The molecule has 0 N–H and O–H groups in total. The minimum absolute atomic E-state index is 0.0753. The van der Waals surface area contributed by atoms with Gasteiger partial charge in [0.25, 0.3) is 0 Å². The van der Waals surface area contributed by atoms with Gasteiger partial charge in [-0.05, 0) is 12.1 Å². The van der Waals surface area contributed by atoms with Crippen molar-refractivity contribution < 1.29 is 18.4 Å². The summed E-state index contributed by atoms with van der Waals surface area (Å²) >= 11 is 0. The van der Waals surface area contributed by atoms with Crippen LogP contribution in [0.1, 0.15) is 43.5 Å². The normalized spacial score (nSPS) is 12.7. The largest absolute Gasteiger partial charge is 0.285 e. The molecule has 148 valence electrons. The molecule has 2 aromatic carbocycles. The molecule has 0 amide bonds. The van der Waals surface area contributed by atoms with Crippen LogP contribution in [0.25, 0.3) is 0 Å². The fraction of sp³-hybridized carbons (Fsp3) is 0.100. The molecule has 0 aliphatic heterocycles. The Hall–Kier alpha value is -4.08. The first-order valence-electron chi connectivity index (χ1n) is 8.97. The van der Waals surface area contributed by atoms with Crippen LogP contribution in [0, 0.1) is 11.6 Å². The molecule has 0 saturated carbocycles. The predicted octanol–water partition coefficient (Wildman–Crippen LogP) is 2.02. The van der Waals surface area contributed by atoms with Crippen LogP contribution < -0.4 is 0 Å². The Bertz CT molecular complexity index is 1220. The molecule has 0 spiro atoms. The van der Waals surface area contributed by atoms with Crippen LogP contribution in [0.15, 0.2) is 48.5 Å². The molecule has 2 heterocycles. The smallest absolute Gasteiger partial charge is 0.236 e. The van der Waals surface area contributed by atoms with E-state index < -0.39 is 23.2 Å². The molecular formula is C20H12F2N6O2. The van der Waals surface area contributed by atoms with Gasteiger partial charge in [0.05, 0.1) is 13.1 Å². The molecule has 1 aliphatic carbocycles. The summed E-state index contributed by atoms with van der Waals surface area (Å²) in [5, 5.41) is 15.4. The first kappa shape index (κ1) is 18.0. The Kier molecular flexibility index (Phi) is 4.05. The number of hydrogen-bond donors (Lipinski definition) is 0. The summed E-state index contributed by atoms with van der Waals surface area (Å²) < 4.78 is 30.3. The lowest BCUT2D eigenvalue weighted by atomic mass is 9.98. The zero-order valence-corrected chi connectivity index (χ0v) is 15.3. The van der Waals surface area contributed by atoms with Crippen molar-refractivity contribution >= 4 is 11.6 Å². The van der Waals surface area contributed by atoms with Crippen LogP contribution in [-0.4, -0.2) is 41.6 Å². The Morgan fingerprint density at radius 3 is 1.47 bits per heavy atom. The monoisotopic (exact) mass is 406 g/mol. The predicted molar refractivity (Wildman–Crippen MR) is 97.9 cm³/mol. The number of halogens is 2. The summed E-state index contributed by atoms with van der Waals surface area (Å²) in [5.41, 5.74) is 0.100. The van der Waals surface area contributed by atoms with Crippen molar-refractivity contribution in [1.29, 1.82) is 0 Å². The van der Waals surface area contributed by atoms with Crippen molar-refractivity contribution in [2.24, 2.45) is 0 Å². The second kappa shape index (κ2) is 6.76. The molecule has 1 aliphatic rings. The average Bonchev–Trinajstić information content (AvgIpc) is 3.35. The van der Waals surface area contributed by atoms with E-state index in [1.165, 1.54) is 21.5 Å². The fourth-order valence-corrected chi connectivity index (χ4v) is 3.40. The maximum atomic E-state index is 14.0. The van der Waals surface area contributed by atoms with E-state index in [-0.39, 0.29) is 35.9 Å². The van der Waals surface area contributed by atoms with E-state index in [0.29, 0.717) is 11.1 Å². The van der Waals surface area contributed by atoms with Gasteiger partial charge in [0, 0.05) is 11.1 Å². The highest BCUT2D eigenvalue weighted by molar-refractivity contribution is 6.25. The summed E-state index contributed by atoms with van der Waals surface area (Å²) in [6.07, 6.45) is 0. The fourth-order valence-electron chi connectivity index (χ4n) is 3.40. The van der Waals surface area contributed by atoms with Gasteiger partial charge in [-0.3, -0.25) is 9.59 Å². The van der Waals surface area contributed by atoms with Crippen molar-refractivity contribution in [3.8, 4) is 0 Å². The van der Waals surface area contributed by atoms with E-state index >= 15 is 0 Å². The molecule has 0 fully saturated rings. The molecule has 5 rings (SSSR count). The molecular weight excluding hydrogens is 394 g/mol. The number of aromatic nitrogens is 6. The Morgan fingerprint density at radius 2 is 1.07 bits per heavy atom. The van der Waals surface area contributed by atoms with E-state index in [1.54, 1.807) is 36.4 Å². The summed E-state index contributed by atoms with van der Waals surface area (Å²) in [6, 6.07) is 12.1. The van der Waals surface area contributed by atoms with Crippen LogP contribution in [0.5, 0.6) is 0 Å². The molecule has 0 radical (unpaired) electrons. The highest BCUT2D eigenvalue weighted by Crippen LogP contribution is 2.26. The zero-order chi connectivity index (χ0) is 20.8. The third-order valence-corrected chi connectivity index (χ3v) is 4.89. The van der Waals surface area contributed by atoms with Gasteiger partial charge in [0.1, 0.15) is 23.0 Å². The minimum Gasteiger partial charge on any atom is -0.285 e. The number of fused-ring (bicyclic) bond motifs is 2. The van der Waals surface area contributed by atoms with E-state index in [9.17, 15) is 18.4 Å². The van der Waals surface area contributed by atoms with Gasteiger partial charge >= 0.3 is 0 Å². The Labute approximate surface area is 167 Å². The molecule has 8 nitrogen and oxygen atoms in total. The van der Waals surface area contributed by atoms with Crippen LogP contribution in [0.4, 0.5) is 8.78 Å². The van der Waals surface area contributed by atoms with Crippen LogP contribution in [0.2, 0.25) is 0 Å². The molecule has 0 atom stereocenters. The van der Waals surface area contributed by atoms with Crippen molar-refractivity contribution in [2.75, 3.05) is 0 Å². The molecule has 0 bridgehead atoms. The molecule has 2 aromatic heterocycles. The number of hydrogen-bond acceptors (Lipinski definition) is 6. The highest BCUT2D eigenvalue weighted by atomic mass is 19.1. The van der Waals surface area contributed by atoms with Crippen molar-refractivity contribution in [3.63, 3.8) is 0 Å². The second-order valence-corrected chi connectivity index (χ2v) is 6.73. The topological polar surface area (TPSA) is 95.6 Å². The Morgan fingerprint density at radius 1 is 0.667 bits per heavy atom. The second-order valence-electron chi connectivity index (χ2n) is 6.73. The summed E-state index contributed by atoms with van der Waals surface area (Å²) in [7, 11) is 0. The molecule has 0 unspecified atom stereocenters. The van der Waals surface area contributed by atoms with Crippen LogP contribution >= 0.6 is 0 Å². The number of carbonyl (C=O) groups is 2. The quantitative estimate of drug-likeness (QED) is 0.453. The third kappa shape index (κ3) is 2.72. The molecule has 0 saturated heterocycles. The lowest BCUT2D eigenvalue weighted by Crippen LogP contribution is -2.26. The maximum Gasteiger partial charge on any atom is 0.236 e. The highest BCUT2D eigenvalue weighted by Gasteiger charge is 2.40. The van der Waals surface area contributed by atoms with Gasteiger partial charge in [-0.1, -0.05) is 46.8 Å². The van der Waals surface area contributed by atoms with E-state index in [4.69, 9.17) is 0 Å². The van der Waals surface area contributed by atoms with Gasteiger partial charge < -0.3 is 0 Å². The van der Waals surface area contributed by atoms with Gasteiger partial charge in [-0.25, -0.2) is 18.1 Å². The van der Waals surface area contributed by atoms with Crippen molar-refractivity contribution in [2.45, 2.75) is 13.1 Å². The molecule has 4 aromatic rings. The summed E-state index contributed by atoms with van der Waals surface area (Å²) in [5.74, 6) is -2.12. The van der Waals surface area contributed by atoms with E-state index in [0.717, 1.165) is 0 Å². The minimum atomic E-state index is -0.597. The van der Waals surface area contributed by atoms with Crippen LogP contribution in [-0.2, 0) is 13.1 Å². The van der Waals surface area contributed by atoms with Gasteiger partial charge in [0.2, 0.25) is 11.6 Å². The van der Waals surface area contributed by atoms with Crippen LogP contribution in [0.3, 0.4) is 0 Å². The van der Waals surface area contributed by atoms with Crippen molar-refractivity contribution in [1.82, 2.24) is 30.0 Å². The number of benzene rings is 2. The first-order chi connectivity index (χ1) is 14.5. The Balaban J connectivity index is 1.53. The summed E-state index contributed by atoms with van der Waals surface area (Å²) in [4.78, 5) is 26.0. The first-order valence-corrected chi connectivity index (χ1v) is 8.97. The molecule has 10 heteroatoms. The lowest BCUT2D eigenvalue weighted by Gasteiger charge is -2.12. The standard InChI is InChI=1S/C20H12F2N6O2/c21-13-7-3-1-5-11(13)9-27-17-15(23-25-27)20(30)18-16(19(17)29)24-26-28(18)10-12-6-2-4-8-14(12)22/h1-8H,9-10H2. The number of nitrogens with zero attached hydrogens (tertiary/aromatic N) is 6. The van der Waals surface area contributed by atoms with Crippen molar-refractivity contribution in [3.05, 3.63) is 94.1 Å². The van der Waals surface area contributed by atoms with Gasteiger partial charge in [0.15, 0.2) is 11.4 Å². The average molecular weight is 406 g/mol. The number of carbonyl (C=O) groups excluding carboxylic acids is 2. The van der Waals surface area contributed by atoms with E-state index in [2.05, 4.69) is 20.6 Å². The van der Waals surface area contributed by atoms with E-state index in [1.807, 2.05) is 0 Å². The summed E-state index contributed by atoms with van der Waals surface area (Å²) in [6.45, 7) is -0.153. The third-order valence-electron chi connectivity index (χ3n) is 4.89. The number of rotatable bonds is 4. The lowest BCUT2D eigenvalue weighted by molar-refractivity contribution is 0.0963. The SMILES string of the molecule is O=C1c2nnn(Cc3ccccc3F)c2C(=O)c2nnn(Cc3ccccc3F)c21. The zero-order valence-electron chi connectivity index (χ0n) is 15.3. The molecule has 30 heavy (non-hydrogen) atoms. The maximum absolute atomic E-state index is 14.0. The van der Waals surface area contributed by atoms with Gasteiger partial charge in [-0.2, -0.15) is 0 Å². The van der Waals surface area contributed by atoms with Gasteiger partial charge in [-0.15, -0.1) is 10.2 Å². The number of ketones is 2.